The molecule has 0 aromatic rings. The van der Waals surface area contributed by atoms with Crippen LogP contribution in [-0.4, -0.2) is 74.1 Å². The summed E-state index contributed by atoms with van der Waals surface area (Å²) >= 11 is 0. The third-order valence-corrected chi connectivity index (χ3v) is 5.81. The zero-order valence-electron chi connectivity index (χ0n) is 17.6. The van der Waals surface area contributed by atoms with Crippen LogP contribution >= 0.6 is 24.0 Å². The van der Waals surface area contributed by atoms with Gasteiger partial charge in [0, 0.05) is 32.2 Å². The predicted molar refractivity (Wildman–Crippen MR) is 122 cm³/mol. The number of nitrogens with zero attached hydrogens (tertiary/aromatic N) is 3. The van der Waals surface area contributed by atoms with E-state index in [2.05, 4.69) is 35.9 Å². The van der Waals surface area contributed by atoms with Gasteiger partial charge in [-0.25, -0.2) is 0 Å². The molecule has 2 heterocycles. The van der Waals surface area contributed by atoms with Gasteiger partial charge in [-0.1, -0.05) is 13.3 Å². The lowest BCUT2D eigenvalue weighted by Crippen LogP contribution is -2.40. The normalized spacial score (nSPS) is 26.6. The van der Waals surface area contributed by atoms with E-state index in [9.17, 15) is 4.79 Å². The van der Waals surface area contributed by atoms with E-state index < -0.39 is 0 Å². The Kier molecular flexibility index (Phi) is 11.6. The minimum absolute atomic E-state index is 0. The molecule has 158 valence electrons. The molecule has 0 saturated carbocycles. The molecular formula is C20H39IN4O2. The summed E-state index contributed by atoms with van der Waals surface area (Å²) in [5.41, 5.74) is 0. The van der Waals surface area contributed by atoms with E-state index in [4.69, 9.17) is 9.73 Å². The number of likely N-dealkylation sites (tertiary alicyclic amines) is 2. The maximum atomic E-state index is 11.9. The lowest BCUT2D eigenvalue weighted by molar-refractivity contribution is -0.145. The van der Waals surface area contributed by atoms with Crippen molar-refractivity contribution < 1.29 is 9.53 Å². The number of methoxy groups -OCH3 is 1. The van der Waals surface area contributed by atoms with Crippen LogP contribution in [0, 0.1) is 11.8 Å². The Morgan fingerprint density at radius 2 is 2.00 bits per heavy atom. The summed E-state index contributed by atoms with van der Waals surface area (Å²) in [6, 6.07) is 0.742. The fraction of sp³-hybridized carbons (Fsp3) is 0.900. The first-order chi connectivity index (χ1) is 12.6. The second-order valence-electron chi connectivity index (χ2n) is 7.84. The van der Waals surface area contributed by atoms with Crippen LogP contribution in [-0.2, 0) is 9.53 Å². The minimum Gasteiger partial charge on any atom is -0.469 e. The molecule has 0 radical (unpaired) electrons. The molecule has 2 fully saturated rings. The lowest BCUT2D eigenvalue weighted by atomic mass is 9.99. The summed E-state index contributed by atoms with van der Waals surface area (Å²) in [6.45, 7) is 12.3. The summed E-state index contributed by atoms with van der Waals surface area (Å²) in [4.78, 5) is 21.6. The van der Waals surface area contributed by atoms with Crippen LogP contribution < -0.4 is 5.32 Å². The van der Waals surface area contributed by atoms with E-state index in [-0.39, 0.29) is 35.9 Å². The number of esters is 1. The van der Waals surface area contributed by atoms with Crippen molar-refractivity contribution in [3.05, 3.63) is 0 Å². The molecule has 0 amide bonds. The molecule has 7 heteroatoms. The second-order valence-corrected chi connectivity index (χ2v) is 7.84. The smallest absolute Gasteiger partial charge is 0.310 e. The number of ether oxygens (including phenoxy) is 1. The molecule has 0 spiro atoms. The molecule has 3 atom stereocenters. The van der Waals surface area contributed by atoms with Gasteiger partial charge in [-0.2, -0.15) is 0 Å². The fourth-order valence-electron chi connectivity index (χ4n) is 4.13. The molecular weight excluding hydrogens is 455 g/mol. The SMILES string of the molecule is CCNC(=NCCCCN1CCCCC1C)N1CC(C)C(C(=O)OC)C1.I. The highest BCUT2D eigenvalue weighted by Gasteiger charge is 2.36. The van der Waals surface area contributed by atoms with Crippen molar-refractivity contribution in [1.82, 2.24) is 15.1 Å². The van der Waals surface area contributed by atoms with Crippen molar-refractivity contribution >= 4 is 35.9 Å². The van der Waals surface area contributed by atoms with Crippen LogP contribution in [0.15, 0.2) is 4.99 Å². The van der Waals surface area contributed by atoms with E-state index >= 15 is 0 Å². The van der Waals surface area contributed by atoms with Crippen molar-refractivity contribution in [2.24, 2.45) is 16.8 Å². The number of hydrogen-bond donors (Lipinski definition) is 1. The van der Waals surface area contributed by atoms with Crippen LogP contribution in [0.5, 0.6) is 0 Å². The highest BCUT2D eigenvalue weighted by Crippen LogP contribution is 2.24. The minimum atomic E-state index is -0.105. The van der Waals surface area contributed by atoms with Gasteiger partial charge in [0.1, 0.15) is 0 Å². The summed E-state index contributed by atoms with van der Waals surface area (Å²) in [7, 11) is 1.47. The van der Waals surface area contributed by atoms with Crippen LogP contribution in [0.4, 0.5) is 0 Å². The van der Waals surface area contributed by atoms with Crippen LogP contribution in [0.3, 0.4) is 0 Å². The van der Waals surface area contributed by atoms with Crippen molar-refractivity contribution in [1.29, 1.82) is 0 Å². The Hall–Kier alpha value is -0.570. The average molecular weight is 494 g/mol. The highest BCUT2D eigenvalue weighted by atomic mass is 127. The summed E-state index contributed by atoms with van der Waals surface area (Å²) < 4.78 is 4.94. The second kappa shape index (κ2) is 12.8. The monoisotopic (exact) mass is 494 g/mol. The van der Waals surface area contributed by atoms with Crippen molar-refractivity contribution in [3.8, 4) is 0 Å². The molecule has 6 nitrogen and oxygen atoms in total. The van der Waals surface area contributed by atoms with Gasteiger partial charge < -0.3 is 19.9 Å². The van der Waals surface area contributed by atoms with Gasteiger partial charge in [0.15, 0.2) is 5.96 Å². The topological polar surface area (TPSA) is 57.2 Å². The lowest BCUT2D eigenvalue weighted by Gasteiger charge is -2.33. The van der Waals surface area contributed by atoms with Gasteiger partial charge in [0.25, 0.3) is 0 Å². The zero-order chi connectivity index (χ0) is 18.9. The van der Waals surface area contributed by atoms with Gasteiger partial charge in [0.05, 0.1) is 13.0 Å². The van der Waals surface area contributed by atoms with Crippen molar-refractivity contribution in [2.45, 2.75) is 58.9 Å². The van der Waals surface area contributed by atoms with Crippen LogP contribution in [0.2, 0.25) is 0 Å². The first kappa shape index (κ1) is 24.5. The maximum absolute atomic E-state index is 11.9. The first-order valence-corrected chi connectivity index (χ1v) is 10.4. The third-order valence-electron chi connectivity index (χ3n) is 5.81. The fourth-order valence-corrected chi connectivity index (χ4v) is 4.13. The molecule has 2 rings (SSSR count). The standard InChI is InChI=1S/C20H38N4O2.HI/c1-5-21-20(24-14-16(2)18(15-24)19(25)26-4)22-11-7-9-13-23-12-8-6-10-17(23)3;/h16-18H,5-15H2,1-4H3,(H,21,22);1H. The van der Waals surface area contributed by atoms with E-state index in [1.54, 1.807) is 0 Å². The van der Waals surface area contributed by atoms with Crippen LogP contribution in [0.1, 0.15) is 52.9 Å². The molecule has 2 aliphatic heterocycles. The predicted octanol–water partition coefficient (Wildman–Crippen LogP) is 2.97. The number of carbonyl (C=O) groups excluding carboxylic acids is 1. The van der Waals surface area contributed by atoms with Crippen LogP contribution in [0.25, 0.3) is 0 Å². The molecule has 1 N–H and O–H groups in total. The van der Waals surface area contributed by atoms with Crippen molar-refractivity contribution in [2.75, 3.05) is 46.4 Å². The van der Waals surface area contributed by atoms with E-state index in [0.717, 1.165) is 38.1 Å². The van der Waals surface area contributed by atoms with Gasteiger partial charge in [0.2, 0.25) is 0 Å². The summed E-state index contributed by atoms with van der Waals surface area (Å²) in [5.74, 6) is 1.08. The molecule has 0 aliphatic carbocycles. The van der Waals surface area contributed by atoms with E-state index in [1.165, 1.54) is 45.9 Å². The molecule has 0 bridgehead atoms. The third kappa shape index (κ3) is 7.40. The first-order valence-electron chi connectivity index (χ1n) is 10.4. The largest absolute Gasteiger partial charge is 0.469 e. The number of rotatable bonds is 7. The summed E-state index contributed by atoms with van der Waals surface area (Å²) in [5, 5.41) is 3.38. The maximum Gasteiger partial charge on any atom is 0.310 e. The Balaban J connectivity index is 0.00000364. The Bertz CT molecular complexity index is 475. The number of piperidine rings is 1. The number of hydrogen-bond acceptors (Lipinski definition) is 4. The summed E-state index contributed by atoms with van der Waals surface area (Å²) in [6.07, 6.45) is 6.39. The number of aliphatic imine (C=N–C) groups is 1. The number of unbranched alkanes of at least 4 members (excludes halogenated alkanes) is 1. The van der Waals surface area contributed by atoms with Crippen molar-refractivity contribution in [3.63, 3.8) is 0 Å². The Labute approximate surface area is 182 Å². The highest BCUT2D eigenvalue weighted by molar-refractivity contribution is 14.0. The van der Waals surface area contributed by atoms with E-state index in [1.807, 2.05) is 0 Å². The zero-order valence-corrected chi connectivity index (χ0v) is 19.9. The molecule has 27 heavy (non-hydrogen) atoms. The van der Waals surface area contributed by atoms with Gasteiger partial charge in [-0.05, 0) is 58.5 Å². The molecule has 2 aliphatic rings. The average Bonchev–Trinajstić information content (AvgIpc) is 3.03. The molecule has 2 saturated heterocycles. The Morgan fingerprint density at radius 1 is 1.22 bits per heavy atom. The number of carbonyl (C=O) groups is 1. The molecule has 0 aromatic carbocycles. The number of guanidine groups is 1. The molecule has 0 aromatic heterocycles. The number of nitrogens with one attached hydrogen (secondary N) is 1. The van der Waals surface area contributed by atoms with Gasteiger partial charge in [-0.3, -0.25) is 9.79 Å². The number of halogens is 1. The van der Waals surface area contributed by atoms with Gasteiger partial charge in [-0.15, -0.1) is 24.0 Å². The van der Waals surface area contributed by atoms with Gasteiger partial charge >= 0.3 is 5.97 Å². The quantitative estimate of drug-likeness (QED) is 0.194. The Morgan fingerprint density at radius 3 is 2.67 bits per heavy atom. The van der Waals surface area contributed by atoms with E-state index in [0.29, 0.717) is 12.5 Å². The molecule has 3 unspecified atom stereocenters.